The number of nitrogens with one attached hydrogen (secondary N) is 2. The second-order valence-electron chi connectivity index (χ2n) is 13.0. The van der Waals surface area contributed by atoms with Gasteiger partial charge in [0.1, 0.15) is 21.4 Å². The molecule has 0 saturated heterocycles. The lowest BCUT2D eigenvalue weighted by Gasteiger charge is -2.29. The molecular formula is C33H30Cl6FN3O6. The van der Waals surface area contributed by atoms with Crippen molar-refractivity contribution in [3.05, 3.63) is 85.6 Å². The maximum Gasteiger partial charge on any atom is 0.424 e. The number of nitrogens with zero attached hydrogens (tertiary/aromatic N) is 1. The van der Waals surface area contributed by atoms with Crippen LogP contribution >= 0.6 is 69.6 Å². The predicted octanol–water partition coefficient (Wildman–Crippen LogP) is 10.9. The molecular weight excluding hydrogens is 766 g/mol. The largest absolute Gasteiger partial charge is 0.443 e. The summed E-state index contributed by atoms with van der Waals surface area (Å²) in [5, 5.41) is 5.58. The van der Waals surface area contributed by atoms with Gasteiger partial charge in [0.25, 0.3) is 5.91 Å². The van der Waals surface area contributed by atoms with Crippen molar-refractivity contribution in [2.75, 3.05) is 15.5 Å². The number of amides is 4. The van der Waals surface area contributed by atoms with Crippen molar-refractivity contribution in [3.8, 4) is 0 Å². The fraction of sp³-hybridized carbons (Fsp3) is 0.333. The average Bonchev–Trinajstić information content (AvgIpc) is 3.53. The van der Waals surface area contributed by atoms with Gasteiger partial charge in [-0.3, -0.25) is 9.59 Å². The minimum Gasteiger partial charge on any atom is -0.443 e. The molecule has 2 N–H and O–H groups in total. The van der Waals surface area contributed by atoms with Gasteiger partial charge in [-0.05, 0) is 95.6 Å². The molecule has 9 nitrogen and oxygen atoms in total. The quantitative estimate of drug-likeness (QED) is 0.190. The fourth-order valence-electron chi connectivity index (χ4n) is 4.70. The van der Waals surface area contributed by atoms with Gasteiger partial charge in [-0.15, -0.1) is 23.2 Å². The summed E-state index contributed by atoms with van der Waals surface area (Å²) in [6.45, 7) is 9.53. The van der Waals surface area contributed by atoms with Crippen molar-refractivity contribution in [2.45, 2.75) is 63.0 Å². The molecule has 2 atom stereocenters. The summed E-state index contributed by atoms with van der Waals surface area (Å²) in [6, 6.07) is 10.1. The average molecular weight is 796 g/mol. The van der Waals surface area contributed by atoms with Crippen LogP contribution in [0.3, 0.4) is 0 Å². The van der Waals surface area contributed by atoms with Gasteiger partial charge in [0, 0.05) is 11.6 Å². The first kappa shape index (κ1) is 38.8. The van der Waals surface area contributed by atoms with E-state index < -0.39 is 57.2 Å². The van der Waals surface area contributed by atoms with Gasteiger partial charge in [-0.2, -0.15) is 4.90 Å². The lowest BCUT2D eigenvalue weighted by atomic mass is 10.1. The normalized spacial score (nSPS) is 16.8. The molecule has 3 aromatic rings. The van der Waals surface area contributed by atoms with Gasteiger partial charge < -0.3 is 20.1 Å². The van der Waals surface area contributed by atoms with Gasteiger partial charge in [0.15, 0.2) is 0 Å². The molecule has 4 rings (SSSR count). The Kier molecular flexibility index (Phi) is 11.3. The topological polar surface area (TPSA) is 114 Å². The molecule has 1 aliphatic carbocycles. The summed E-state index contributed by atoms with van der Waals surface area (Å²) in [7, 11) is 0. The van der Waals surface area contributed by atoms with Crippen molar-refractivity contribution < 1.29 is 33.0 Å². The molecule has 1 saturated carbocycles. The van der Waals surface area contributed by atoms with Gasteiger partial charge in [0.2, 0.25) is 5.91 Å². The van der Waals surface area contributed by atoms with Crippen LogP contribution < -0.4 is 15.5 Å². The van der Waals surface area contributed by atoms with E-state index in [1.165, 1.54) is 30.3 Å². The molecule has 1 aliphatic rings. The first-order chi connectivity index (χ1) is 22.5. The lowest BCUT2D eigenvalue weighted by Crippen LogP contribution is -2.44. The Labute approximate surface area is 312 Å². The molecule has 0 bridgehead atoms. The van der Waals surface area contributed by atoms with Crippen LogP contribution in [0.4, 0.5) is 31.0 Å². The van der Waals surface area contributed by atoms with Crippen LogP contribution in [-0.2, 0) is 14.3 Å². The zero-order valence-corrected chi connectivity index (χ0v) is 31.4. The summed E-state index contributed by atoms with van der Waals surface area (Å²) in [5.74, 6) is -3.86. The van der Waals surface area contributed by atoms with Crippen LogP contribution in [0.15, 0.2) is 48.5 Å². The number of carbonyl (C=O) groups is 4. The molecule has 16 heteroatoms. The van der Waals surface area contributed by atoms with Crippen LogP contribution in [0.5, 0.6) is 0 Å². The van der Waals surface area contributed by atoms with Gasteiger partial charge in [-0.25, -0.2) is 14.0 Å². The van der Waals surface area contributed by atoms with E-state index in [-0.39, 0.29) is 42.7 Å². The highest BCUT2D eigenvalue weighted by molar-refractivity contribution is 6.54. The predicted molar refractivity (Wildman–Crippen MR) is 192 cm³/mol. The number of benzene rings is 3. The van der Waals surface area contributed by atoms with Crippen LogP contribution in [0.1, 0.15) is 63.4 Å². The molecule has 1 fully saturated rings. The van der Waals surface area contributed by atoms with E-state index in [9.17, 15) is 23.6 Å². The zero-order valence-electron chi connectivity index (χ0n) is 26.8. The van der Waals surface area contributed by atoms with Crippen LogP contribution in [0, 0.1) is 11.7 Å². The van der Waals surface area contributed by atoms with E-state index >= 15 is 0 Å². The standard InChI is InChI=1S/C33H30Cl6FN3O6/c1-31(2,3)48-29(46)43(30(47)49-32(4,5)6)23-10-7-16(40)13-22(23)42-27(44)18-14-17(8-9-19(18)34)41-28(45)25-24(33(25,38)39)15-11-20(35)26(37)21(36)12-15/h7-14,24-25H,1-6H3,(H,41,45)(H,42,44)/t24-,25?/m0/s1. The smallest absolute Gasteiger partial charge is 0.424 e. The fourth-order valence-corrected chi connectivity index (χ4v) is 6.34. The third-order valence-electron chi connectivity index (χ3n) is 6.78. The summed E-state index contributed by atoms with van der Waals surface area (Å²) >= 11 is 37.7. The molecule has 0 radical (unpaired) electrons. The van der Waals surface area contributed by atoms with E-state index in [1.807, 2.05) is 0 Å². The van der Waals surface area contributed by atoms with E-state index in [1.54, 1.807) is 41.5 Å². The minimum atomic E-state index is -1.50. The molecule has 0 aliphatic heterocycles. The second-order valence-corrected chi connectivity index (χ2v) is 16.1. The number of rotatable bonds is 6. The number of ether oxygens (including phenoxy) is 2. The maximum atomic E-state index is 14.5. The molecule has 1 unspecified atom stereocenters. The highest BCUT2D eigenvalue weighted by Crippen LogP contribution is 2.65. The summed E-state index contributed by atoms with van der Waals surface area (Å²) in [4.78, 5) is 53.9. The first-order valence-electron chi connectivity index (χ1n) is 14.5. The van der Waals surface area contributed by atoms with E-state index in [4.69, 9.17) is 79.1 Å². The summed E-state index contributed by atoms with van der Waals surface area (Å²) in [6.07, 6.45) is -2.27. The first-order valence-corrected chi connectivity index (χ1v) is 16.8. The van der Waals surface area contributed by atoms with Crippen molar-refractivity contribution >= 4 is 111 Å². The Morgan fingerprint density at radius 3 is 1.86 bits per heavy atom. The Bertz CT molecular complexity index is 1790. The Morgan fingerprint density at radius 1 is 0.776 bits per heavy atom. The number of hydrogen-bond donors (Lipinski definition) is 2. The molecule has 262 valence electrons. The van der Waals surface area contributed by atoms with Crippen LogP contribution in [0.2, 0.25) is 20.1 Å². The monoisotopic (exact) mass is 793 g/mol. The number of anilines is 3. The second kappa shape index (κ2) is 14.3. The minimum absolute atomic E-state index is 0.0385. The zero-order chi connectivity index (χ0) is 36.8. The molecule has 0 spiro atoms. The molecule has 49 heavy (non-hydrogen) atoms. The highest BCUT2D eigenvalue weighted by Gasteiger charge is 2.67. The number of halogens is 7. The molecule has 4 amide bonds. The van der Waals surface area contributed by atoms with E-state index in [2.05, 4.69) is 10.6 Å². The van der Waals surface area contributed by atoms with Crippen molar-refractivity contribution in [3.63, 3.8) is 0 Å². The summed E-state index contributed by atoms with van der Waals surface area (Å²) < 4.78 is 23.9. The van der Waals surface area contributed by atoms with Crippen molar-refractivity contribution in [1.29, 1.82) is 0 Å². The van der Waals surface area contributed by atoms with Gasteiger partial charge >= 0.3 is 12.2 Å². The lowest BCUT2D eigenvalue weighted by molar-refractivity contribution is -0.117. The maximum absolute atomic E-state index is 14.5. The number of imide groups is 1. The van der Waals surface area contributed by atoms with Gasteiger partial charge in [0.05, 0.1) is 42.9 Å². The third-order valence-corrected chi connectivity index (χ3v) is 9.25. The number of carbonyl (C=O) groups excluding carboxylic acids is 4. The Hall–Kier alpha value is -2.99. The molecule has 3 aromatic carbocycles. The third kappa shape index (κ3) is 9.22. The molecule has 0 heterocycles. The summed E-state index contributed by atoms with van der Waals surface area (Å²) in [5.41, 5.74) is -2.10. The number of alkyl halides is 2. The van der Waals surface area contributed by atoms with E-state index in [0.29, 0.717) is 10.5 Å². The van der Waals surface area contributed by atoms with Gasteiger partial charge in [-0.1, -0.05) is 46.4 Å². The molecule has 0 aromatic heterocycles. The Balaban J connectivity index is 1.61. The SMILES string of the molecule is CC(C)(C)OC(=O)N(C(=O)OC(C)(C)C)c1ccc(F)cc1NC(=O)c1cc(NC(=O)C2[C@H](c3cc(Cl)c(Cl)c(Cl)c3)C2(Cl)Cl)ccc1Cl. The van der Waals surface area contributed by atoms with Crippen molar-refractivity contribution in [1.82, 2.24) is 0 Å². The van der Waals surface area contributed by atoms with E-state index in [0.717, 1.165) is 18.2 Å². The van der Waals surface area contributed by atoms with Crippen LogP contribution in [0.25, 0.3) is 0 Å². The highest BCUT2D eigenvalue weighted by atomic mass is 35.5. The van der Waals surface area contributed by atoms with Crippen LogP contribution in [-0.4, -0.2) is 39.5 Å². The number of hydrogen-bond acceptors (Lipinski definition) is 6. The van der Waals surface area contributed by atoms with Crippen molar-refractivity contribution in [2.24, 2.45) is 5.92 Å². The Morgan fingerprint density at radius 2 is 1.33 bits per heavy atom.